The summed E-state index contributed by atoms with van der Waals surface area (Å²) in [5, 5.41) is 8.75. The van der Waals surface area contributed by atoms with Crippen molar-refractivity contribution < 1.29 is 5.11 Å². The topological polar surface area (TPSA) is 33.1 Å². The van der Waals surface area contributed by atoms with Crippen molar-refractivity contribution >= 4 is 22.9 Å². The fourth-order valence-corrected chi connectivity index (χ4v) is 1.31. The molecule has 1 aromatic rings. The van der Waals surface area contributed by atoms with Gasteiger partial charge in [-0.3, -0.25) is 0 Å². The van der Waals surface area contributed by atoms with Crippen LogP contribution < -0.4 is 0 Å². The molecule has 0 spiro atoms. The standard InChI is InChI=1S/C4H4ClNOS/c1-2-3(7)6-4(5)8-2/h7H,1H3. The summed E-state index contributed by atoms with van der Waals surface area (Å²) in [6, 6.07) is 0. The van der Waals surface area contributed by atoms with E-state index in [0.29, 0.717) is 4.47 Å². The van der Waals surface area contributed by atoms with Crippen LogP contribution in [0.1, 0.15) is 4.88 Å². The molecule has 0 bridgehead atoms. The van der Waals surface area contributed by atoms with Gasteiger partial charge >= 0.3 is 0 Å². The molecule has 0 atom stereocenters. The first-order valence-electron chi connectivity index (χ1n) is 2.02. The maximum Gasteiger partial charge on any atom is 0.226 e. The van der Waals surface area contributed by atoms with Crippen molar-refractivity contribution in [2.24, 2.45) is 0 Å². The minimum atomic E-state index is 0.0417. The highest BCUT2D eigenvalue weighted by Crippen LogP contribution is 2.25. The van der Waals surface area contributed by atoms with Crippen molar-refractivity contribution in [1.82, 2.24) is 4.98 Å². The Labute approximate surface area is 55.8 Å². The van der Waals surface area contributed by atoms with Gasteiger partial charge in [-0.25, -0.2) is 0 Å². The van der Waals surface area contributed by atoms with Gasteiger partial charge in [0.2, 0.25) is 5.88 Å². The SMILES string of the molecule is Cc1sc(Cl)nc1O. The van der Waals surface area contributed by atoms with E-state index in [-0.39, 0.29) is 5.88 Å². The lowest BCUT2D eigenvalue weighted by molar-refractivity contribution is 0.454. The normalized spacial score (nSPS) is 9.75. The predicted octanol–water partition coefficient (Wildman–Crippen LogP) is 1.81. The van der Waals surface area contributed by atoms with E-state index in [1.807, 2.05) is 0 Å². The number of thiazole rings is 1. The zero-order chi connectivity index (χ0) is 6.15. The average Bonchev–Trinajstić information content (AvgIpc) is 1.85. The number of aromatic nitrogens is 1. The highest BCUT2D eigenvalue weighted by atomic mass is 35.5. The Morgan fingerprint density at radius 1 is 1.75 bits per heavy atom. The Kier molecular flexibility index (Phi) is 1.40. The second-order valence-corrected chi connectivity index (χ2v) is 3.13. The molecule has 44 valence electrons. The van der Waals surface area contributed by atoms with Gasteiger partial charge in [0.25, 0.3) is 0 Å². The largest absolute Gasteiger partial charge is 0.492 e. The van der Waals surface area contributed by atoms with Gasteiger partial charge < -0.3 is 5.11 Å². The van der Waals surface area contributed by atoms with Crippen LogP contribution in [0.15, 0.2) is 0 Å². The summed E-state index contributed by atoms with van der Waals surface area (Å²) in [4.78, 5) is 4.31. The molecule has 1 aromatic heterocycles. The summed E-state index contributed by atoms with van der Waals surface area (Å²) in [5.74, 6) is 0.0417. The van der Waals surface area contributed by atoms with Gasteiger partial charge in [-0.2, -0.15) is 4.98 Å². The van der Waals surface area contributed by atoms with Crippen LogP contribution in [-0.4, -0.2) is 10.1 Å². The van der Waals surface area contributed by atoms with Crippen LogP contribution >= 0.6 is 22.9 Å². The number of rotatable bonds is 0. The smallest absolute Gasteiger partial charge is 0.226 e. The minimum absolute atomic E-state index is 0.0417. The van der Waals surface area contributed by atoms with Crippen LogP contribution in [0.4, 0.5) is 0 Å². The van der Waals surface area contributed by atoms with Gasteiger partial charge in [0, 0.05) is 0 Å². The lowest BCUT2D eigenvalue weighted by Gasteiger charge is -1.76. The summed E-state index contributed by atoms with van der Waals surface area (Å²) in [7, 11) is 0. The van der Waals surface area contributed by atoms with Crippen molar-refractivity contribution in [3.63, 3.8) is 0 Å². The maximum atomic E-state index is 8.75. The third kappa shape index (κ3) is 0.928. The van der Waals surface area contributed by atoms with Gasteiger partial charge in [0.15, 0.2) is 4.47 Å². The molecule has 0 saturated carbocycles. The molecule has 0 unspecified atom stereocenters. The summed E-state index contributed by atoms with van der Waals surface area (Å²) in [5.41, 5.74) is 0. The number of aromatic hydroxyl groups is 1. The van der Waals surface area contributed by atoms with E-state index in [9.17, 15) is 0 Å². The molecule has 1 rings (SSSR count). The average molecular weight is 150 g/mol. The number of aryl methyl sites for hydroxylation is 1. The molecule has 0 fully saturated rings. The number of nitrogens with zero attached hydrogens (tertiary/aromatic N) is 1. The van der Waals surface area contributed by atoms with E-state index in [4.69, 9.17) is 16.7 Å². The third-order valence-corrected chi connectivity index (χ3v) is 1.81. The fraction of sp³-hybridized carbons (Fsp3) is 0.250. The van der Waals surface area contributed by atoms with Gasteiger partial charge in [0.05, 0.1) is 4.88 Å². The lowest BCUT2D eigenvalue weighted by Crippen LogP contribution is -1.61. The second-order valence-electron chi connectivity index (χ2n) is 1.35. The van der Waals surface area contributed by atoms with E-state index in [1.54, 1.807) is 6.92 Å². The number of hydrogen-bond acceptors (Lipinski definition) is 3. The lowest BCUT2D eigenvalue weighted by atomic mass is 10.6. The summed E-state index contributed by atoms with van der Waals surface area (Å²) in [6.45, 7) is 1.76. The first-order valence-corrected chi connectivity index (χ1v) is 3.21. The minimum Gasteiger partial charge on any atom is -0.492 e. The molecular weight excluding hydrogens is 146 g/mol. The summed E-state index contributed by atoms with van der Waals surface area (Å²) < 4.78 is 0.389. The Morgan fingerprint density at radius 2 is 2.38 bits per heavy atom. The van der Waals surface area contributed by atoms with Gasteiger partial charge in [0.1, 0.15) is 0 Å². The van der Waals surface area contributed by atoms with Gasteiger partial charge in [-0.1, -0.05) is 11.6 Å². The van der Waals surface area contributed by atoms with E-state index < -0.39 is 0 Å². The summed E-state index contributed by atoms with van der Waals surface area (Å²) >= 11 is 6.69. The van der Waals surface area contributed by atoms with E-state index in [0.717, 1.165) is 4.88 Å². The highest BCUT2D eigenvalue weighted by molar-refractivity contribution is 7.15. The van der Waals surface area contributed by atoms with Gasteiger partial charge in [-0.05, 0) is 6.92 Å². The zero-order valence-electron chi connectivity index (χ0n) is 4.18. The Balaban J connectivity index is 3.14. The van der Waals surface area contributed by atoms with Crippen molar-refractivity contribution in [3.8, 4) is 5.88 Å². The first-order chi connectivity index (χ1) is 3.70. The molecular formula is C4H4ClNOS. The number of hydrogen-bond donors (Lipinski definition) is 1. The van der Waals surface area contributed by atoms with Crippen molar-refractivity contribution in [3.05, 3.63) is 9.34 Å². The Morgan fingerprint density at radius 3 is 2.50 bits per heavy atom. The van der Waals surface area contributed by atoms with Crippen LogP contribution in [0, 0.1) is 6.92 Å². The van der Waals surface area contributed by atoms with E-state index >= 15 is 0 Å². The zero-order valence-corrected chi connectivity index (χ0v) is 5.75. The highest BCUT2D eigenvalue weighted by Gasteiger charge is 2.00. The Hall–Kier alpha value is -0.280. The molecule has 0 radical (unpaired) electrons. The third-order valence-electron chi connectivity index (χ3n) is 0.746. The molecule has 0 aromatic carbocycles. The monoisotopic (exact) mass is 149 g/mol. The number of halogens is 1. The van der Waals surface area contributed by atoms with Crippen LogP contribution in [0.5, 0.6) is 5.88 Å². The molecule has 4 heteroatoms. The van der Waals surface area contributed by atoms with E-state index in [2.05, 4.69) is 4.98 Å². The van der Waals surface area contributed by atoms with Crippen molar-refractivity contribution in [2.45, 2.75) is 6.92 Å². The van der Waals surface area contributed by atoms with Crippen LogP contribution in [0.3, 0.4) is 0 Å². The molecule has 1 N–H and O–H groups in total. The first kappa shape index (κ1) is 5.85. The van der Waals surface area contributed by atoms with Crippen molar-refractivity contribution in [1.29, 1.82) is 0 Å². The molecule has 2 nitrogen and oxygen atoms in total. The maximum absolute atomic E-state index is 8.75. The molecule has 1 heterocycles. The fourth-order valence-electron chi connectivity index (χ4n) is 0.357. The predicted molar refractivity (Wildman–Crippen MR) is 33.5 cm³/mol. The summed E-state index contributed by atoms with van der Waals surface area (Å²) in [6.07, 6.45) is 0. The second kappa shape index (κ2) is 1.91. The molecule has 0 aliphatic rings. The van der Waals surface area contributed by atoms with Gasteiger partial charge in [-0.15, -0.1) is 11.3 Å². The molecule has 8 heavy (non-hydrogen) atoms. The van der Waals surface area contributed by atoms with Crippen LogP contribution in [-0.2, 0) is 0 Å². The quantitative estimate of drug-likeness (QED) is 0.611. The molecule has 0 amide bonds. The van der Waals surface area contributed by atoms with Crippen LogP contribution in [0.2, 0.25) is 4.47 Å². The van der Waals surface area contributed by atoms with Crippen molar-refractivity contribution in [2.75, 3.05) is 0 Å². The molecule has 0 aliphatic carbocycles. The van der Waals surface area contributed by atoms with E-state index in [1.165, 1.54) is 11.3 Å². The Bertz CT molecular complexity index is 178. The molecule has 0 aliphatic heterocycles. The molecule has 0 saturated heterocycles. The van der Waals surface area contributed by atoms with Crippen LogP contribution in [0.25, 0.3) is 0 Å².